The number of aliphatic carboxylic acids is 1. The van der Waals surface area contributed by atoms with Crippen molar-refractivity contribution in [2.75, 3.05) is 5.32 Å². The zero-order valence-corrected chi connectivity index (χ0v) is 12.6. The number of hydrogen-bond donors (Lipinski definition) is 2. The SMILES string of the molecule is CC(C)[C@@H](Nc1nnc(-c2ccccc2Cl)s1)C(=O)O. The molecule has 0 bridgehead atoms. The summed E-state index contributed by atoms with van der Waals surface area (Å²) in [5, 5.41) is 21.8. The van der Waals surface area contributed by atoms with Crippen LogP contribution in [0.15, 0.2) is 24.3 Å². The van der Waals surface area contributed by atoms with Gasteiger partial charge in [-0.3, -0.25) is 0 Å². The van der Waals surface area contributed by atoms with Crippen LogP contribution >= 0.6 is 22.9 Å². The molecule has 0 saturated carbocycles. The summed E-state index contributed by atoms with van der Waals surface area (Å²) in [6.45, 7) is 3.67. The second-order valence-electron chi connectivity index (χ2n) is 4.60. The Bertz CT molecular complexity index is 615. The molecule has 0 unspecified atom stereocenters. The van der Waals surface area contributed by atoms with Crippen LogP contribution in [0.1, 0.15) is 13.8 Å². The molecule has 0 amide bonds. The van der Waals surface area contributed by atoms with Crippen molar-refractivity contribution in [2.45, 2.75) is 19.9 Å². The van der Waals surface area contributed by atoms with Crippen molar-refractivity contribution in [3.63, 3.8) is 0 Å². The maximum Gasteiger partial charge on any atom is 0.326 e. The van der Waals surface area contributed by atoms with E-state index >= 15 is 0 Å². The van der Waals surface area contributed by atoms with Gasteiger partial charge in [0.05, 0.1) is 5.02 Å². The van der Waals surface area contributed by atoms with E-state index in [4.69, 9.17) is 16.7 Å². The number of nitrogens with zero attached hydrogens (tertiary/aromatic N) is 2. The van der Waals surface area contributed by atoms with Crippen LogP contribution in [0.3, 0.4) is 0 Å². The van der Waals surface area contributed by atoms with Gasteiger partial charge in [-0.25, -0.2) is 4.79 Å². The number of carbonyl (C=O) groups is 1. The van der Waals surface area contributed by atoms with Gasteiger partial charge in [0, 0.05) is 5.56 Å². The molecule has 1 aromatic carbocycles. The van der Waals surface area contributed by atoms with Crippen LogP contribution in [0.2, 0.25) is 5.02 Å². The average Bonchev–Trinajstić information content (AvgIpc) is 2.84. The Morgan fingerprint density at radius 3 is 2.65 bits per heavy atom. The third-order valence-corrected chi connectivity index (χ3v) is 3.96. The van der Waals surface area contributed by atoms with Crippen LogP contribution < -0.4 is 5.32 Å². The first-order chi connectivity index (χ1) is 9.49. The van der Waals surface area contributed by atoms with Crippen molar-refractivity contribution in [1.82, 2.24) is 10.2 Å². The van der Waals surface area contributed by atoms with E-state index in [9.17, 15) is 4.79 Å². The van der Waals surface area contributed by atoms with Crippen molar-refractivity contribution in [3.05, 3.63) is 29.3 Å². The first-order valence-electron chi connectivity index (χ1n) is 6.06. The number of carboxylic acids is 1. The van der Waals surface area contributed by atoms with Crippen molar-refractivity contribution in [1.29, 1.82) is 0 Å². The van der Waals surface area contributed by atoms with E-state index in [2.05, 4.69) is 15.5 Å². The van der Waals surface area contributed by atoms with Gasteiger partial charge in [-0.2, -0.15) is 0 Å². The zero-order chi connectivity index (χ0) is 14.7. The molecule has 2 rings (SSSR count). The highest BCUT2D eigenvalue weighted by Crippen LogP contribution is 2.32. The van der Waals surface area contributed by atoms with E-state index in [0.717, 1.165) is 5.56 Å². The van der Waals surface area contributed by atoms with Crippen LogP contribution in [-0.4, -0.2) is 27.3 Å². The van der Waals surface area contributed by atoms with Crippen LogP contribution in [0, 0.1) is 5.92 Å². The summed E-state index contributed by atoms with van der Waals surface area (Å²) < 4.78 is 0. The summed E-state index contributed by atoms with van der Waals surface area (Å²) in [5.41, 5.74) is 0.788. The maximum atomic E-state index is 11.1. The Morgan fingerprint density at radius 2 is 2.05 bits per heavy atom. The van der Waals surface area contributed by atoms with Crippen LogP contribution in [0.4, 0.5) is 5.13 Å². The molecule has 20 heavy (non-hydrogen) atoms. The molecule has 2 N–H and O–H groups in total. The fourth-order valence-corrected chi connectivity index (χ4v) is 2.77. The van der Waals surface area contributed by atoms with Gasteiger partial charge in [-0.1, -0.05) is 55.0 Å². The molecule has 0 saturated heterocycles. The Labute approximate surface area is 125 Å². The van der Waals surface area contributed by atoms with Gasteiger partial charge >= 0.3 is 5.97 Å². The largest absolute Gasteiger partial charge is 0.480 e. The Balaban J connectivity index is 2.21. The van der Waals surface area contributed by atoms with Crippen molar-refractivity contribution in [2.24, 2.45) is 5.92 Å². The number of benzene rings is 1. The molecule has 0 aliphatic heterocycles. The van der Waals surface area contributed by atoms with Crippen LogP contribution in [-0.2, 0) is 4.79 Å². The monoisotopic (exact) mass is 311 g/mol. The number of aromatic nitrogens is 2. The highest BCUT2D eigenvalue weighted by molar-refractivity contribution is 7.18. The number of hydrogen-bond acceptors (Lipinski definition) is 5. The maximum absolute atomic E-state index is 11.1. The molecule has 2 aromatic rings. The lowest BCUT2D eigenvalue weighted by Crippen LogP contribution is -2.34. The van der Waals surface area contributed by atoms with Gasteiger partial charge in [-0.05, 0) is 12.0 Å². The van der Waals surface area contributed by atoms with Gasteiger partial charge in [0.25, 0.3) is 0 Å². The summed E-state index contributed by atoms with van der Waals surface area (Å²) in [4.78, 5) is 11.1. The number of halogens is 1. The lowest BCUT2D eigenvalue weighted by molar-refractivity contribution is -0.138. The predicted molar refractivity (Wildman–Crippen MR) is 80.2 cm³/mol. The van der Waals surface area contributed by atoms with Crippen molar-refractivity contribution >= 4 is 34.0 Å². The number of anilines is 1. The molecular formula is C13H14ClN3O2S. The van der Waals surface area contributed by atoms with Gasteiger partial charge in [0.1, 0.15) is 6.04 Å². The first kappa shape index (κ1) is 14.7. The van der Waals surface area contributed by atoms with Crippen LogP contribution in [0.25, 0.3) is 10.6 Å². The van der Waals surface area contributed by atoms with Gasteiger partial charge in [-0.15, -0.1) is 10.2 Å². The zero-order valence-electron chi connectivity index (χ0n) is 11.0. The lowest BCUT2D eigenvalue weighted by Gasteiger charge is -2.16. The molecule has 0 aliphatic carbocycles. The summed E-state index contributed by atoms with van der Waals surface area (Å²) >= 11 is 7.38. The van der Waals surface area contributed by atoms with E-state index in [-0.39, 0.29) is 5.92 Å². The minimum atomic E-state index is -0.908. The van der Waals surface area contributed by atoms with Crippen molar-refractivity contribution in [3.8, 4) is 10.6 Å². The Morgan fingerprint density at radius 1 is 1.35 bits per heavy atom. The number of carboxylic acid groups (broad SMARTS) is 1. The van der Waals surface area contributed by atoms with E-state index in [1.807, 2.05) is 32.0 Å². The molecule has 5 nitrogen and oxygen atoms in total. The molecule has 0 radical (unpaired) electrons. The minimum absolute atomic E-state index is 0.0554. The second-order valence-corrected chi connectivity index (χ2v) is 5.98. The van der Waals surface area contributed by atoms with E-state index in [0.29, 0.717) is 15.2 Å². The predicted octanol–water partition coefficient (Wildman–Crippen LogP) is 3.38. The second kappa shape index (κ2) is 6.19. The molecule has 106 valence electrons. The Kier molecular flexibility index (Phi) is 4.57. The standard InChI is InChI=1S/C13H14ClN3O2S/c1-7(2)10(12(18)19)15-13-17-16-11(20-13)8-5-3-4-6-9(8)14/h3-7,10H,1-2H3,(H,15,17)(H,18,19)/t10-/m1/s1. The molecule has 1 aromatic heterocycles. The molecule has 1 atom stereocenters. The minimum Gasteiger partial charge on any atom is -0.480 e. The summed E-state index contributed by atoms with van der Waals surface area (Å²) in [6.07, 6.45) is 0. The lowest BCUT2D eigenvalue weighted by atomic mass is 10.1. The number of nitrogens with one attached hydrogen (secondary N) is 1. The third-order valence-electron chi connectivity index (χ3n) is 2.74. The fourth-order valence-electron chi connectivity index (χ4n) is 1.67. The Hall–Kier alpha value is -1.66. The average molecular weight is 312 g/mol. The molecule has 1 heterocycles. The molecule has 0 fully saturated rings. The van der Waals surface area contributed by atoms with E-state index < -0.39 is 12.0 Å². The summed E-state index contributed by atoms with van der Waals surface area (Å²) in [6, 6.07) is 6.64. The van der Waals surface area contributed by atoms with Gasteiger partial charge in [0.15, 0.2) is 5.01 Å². The fraction of sp³-hybridized carbons (Fsp3) is 0.308. The van der Waals surface area contributed by atoms with E-state index in [1.54, 1.807) is 6.07 Å². The molecule has 7 heteroatoms. The highest BCUT2D eigenvalue weighted by atomic mass is 35.5. The molecule has 0 aliphatic rings. The van der Waals surface area contributed by atoms with Crippen molar-refractivity contribution < 1.29 is 9.90 Å². The smallest absolute Gasteiger partial charge is 0.326 e. The summed E-state index contributed by atoms with van der Waals surface area (Å²) in [7, 11) is 0. The molecular weight excluding hydrogens is 298 g/mol. The molecule has 0 spiro atoms. The normalized spacial score (nSPS) is 12.4. The van der Waals surface area contributed by atoms with Crippen LogP contribution in [0.5, 0.6) is 0 Å². The van der Waals surface area contributed by atoms with Gasteiger partial charge < -0.3 is 10.4 Å². The highest BCUT2D eigenvalue weighted by Gasteiger charge is 2.22. The number of rotatable bonds is 5. The topological polar surface area (TPSA) is 75.1 Å². The van der Waals surface area contributed by atoms with Gasteiger partial charge in [0.2, 0.25) is 5.13 Å². The quantitative estimate of drug-likeness (QED) is 0.885. The first-order valence-corrected chi connectivity index (χ1v) is 7.26. The van der Waals surface area contributed by atoms with E-state index in [1.165, 1.54) is 11.3 Å². The summed E-state index contributed by atoms with van der Waals surface area (Å²) in [5.74, 6) is -0.963. The third kappa shape index (κ3) is 3.26.